The van der Waals surface area contributed by atoms with Gasteiger partial charge in [0.1, 0.15) is 0 Å². The van der Waals surface area contributed by atoms with Gasteiger partial charge >= 0.3 is 0 Å². The number of rotatable bonds is 4. The summed E-state index contributed by atoms with van der Waals surface area (Å²) in [6, 6.07) is 0. The molecule has 2 rings (SSSR count). The molecule has 84 valence electrons. The van der Waals surface area contributed by atoms with Crippen LogP contribution < -0.4 is 0 Å². The Bertz CT molecular complexity index is 366. The Kier molecular flexibility index (Phi) is 3.56. The highest BCUT2D eigenvalue weighted by atomic mass is 32.1. The third-order valence-corrected chi connectivity index (χ3v) is 3.24. The maximum atomic E-state index is 9.11. The van der Waals surface area contributed by atoms with Gasteiger partial charge in [0.05, 0.1) is 12.3 Å². The Morgan fingerprint density at radius 1 is 1.67 bits per heavy atom. The van der Waals surface area contributed by atoms with Gasteiger partial charge in [-0.3, -0.25) is 0 Å². The summed E-state index contributed by atoms with van der Waals surface area (Å²) in [6.45, 7) is 2.66. The van der Waals surface area contributed by atoms with Gasteiger partial charge in [-0.25, -0.2) is 0 Å². The van der Waals surface area contributed by atoms with E-state index in [9.17, 15) is 0 Å². The van der Waals surface area contributed by atoms with Crippen LogP contribution in [0, 0.1) is 10.7 Å². The normalized spacial score (nSPS) is 21.0. The highest BCUT2D eigenvalue weighted by Gasteiger charge is 2.15. The van der Waals surface area contributed by atoms with Crippen LogP contribution in [0.3, 0.4) is 0 Å². The number of aliphatic hydroxyl groups excluding tert-OH is 1. The second-order valence-corrected chi connectivity index (χ2v) is 4.30. The SMILES string of the molecule is OCc1c[nH]c(=S)n1CCC1CCOC1. The number of imidazole rings is 1. The first-order chi connectivity index (χ1) is 7.31. The summed E-state index contributed by atoms with van der Waals surface area (Å²) in [6.07, 6.45) is 3.98. The Morgan fingerprint density at radius 2 is 2.53 bits per heavy atom. The fraction of sp³-hybridized carbons (Fsp3) is 0.700. The van der Waals surface area contributed by atoms with Crippen LogP contribution in [0.25, 0.3) is 0 Å². The van der Waals surface area contributed by atoms with Crippen LogP contribution in [0.5, 0.6) is 0 Å². The van der Waals surface area contributed by atoms with Crippen LogP contribution in [-0.2, 0) is 17.9 Å². The van der Waals surface area contributed by atoms with E-state index >= 15 is 0 Å². The zero-order valence-corrected chi connectivity index (χ0v) is 9.42. The predicted molar refractivity (Wildman–Crippen MR) is 59.1 cm³/mol. The van der Waals surface area contributed by atoms with Gasteiger partial charge in [0.25, 0.3) is 0 Å². The Balaban J connectivity index is 1.97. The monoisotopic (exact) mass is 228 g/mol. The largest absolute Gasteiger partial charge is 0.390 e. The number of nitrogens with zero attached hydrogens (tertiary/aromatic N) is 1. The van der Waals surface area contributed by atoms with E-state index in [1.54, 1.807) is 6.20 Å². The van der Waals surface area contributed by atoms with E-state index in [0.717, 1.165) is 38.3 Å². The van der Waals surface area contributed by atoms with Crippen molar-refractivity contribution in [2.45, 2.75) is 26.0 Å². The van der Waals surface area contributed by atoms with Crippen molar-refractivity contribution in [3.63, 3.8) is 0 Å². The number of H-pyrrole nitrogens is 1. The van der Waals surface area contributed by atoms with Crippen molar-refractivity contribution in [2.75, 3.05) is 13.2 Å². The standard InChI is InChI=1S/C10H16N2O2S/c13-6-9-5-11-10(15)12(9)3-1-8-2-4-14-7-8/h5,8,13H,1-4,6-7H2,(H,11,15). The second kappa shape index (κ2) is 4.92. The summed E-state index contributed by atoms with van der Waals surface area (Å²) in [5.74, 6) is 0.647. The van der Waals surface area contributed by atoms with E-state index in [1.165, 1.54) is 0 Å². The number of aromatic nitrogens is 2. The third kappa shape index (κ3) is 2.48. The molecule has 1 aliphatic heterocycles. The predicted octanol–water partition coefficient (Wildman–Crippen LogP) is 1.46. The molecule has 1 unspecified atom stereocenters. The first-order valence-electron chi connectivity index (χ1n) is 5.27. The summed E-state index contributed by atoms with van der Waals surface area (Å²) in [4.78, 5) is 2.95. The molecule has 1 atom stereocenters. The fourth-order valence-corrected chi connectivity index (χ4v) is 2.20. The molecule has 0 aromatic carbocycles. The minimum atomic E-state index is 0.0360. The highest BCUT2D eigenvalue weighted by Crippen LogP contribution is 2.17. The van der Waals surface area contributed by atoms with Crippen LogP contribution in [0.4, 0.5) is 0 Å². The molecule has 2 heterocycles. The molecule has 1 fully saturated rings. The lowest BCUT2D eigenvalue weighted by Crippen LogP contribution is -2.08. The zero-order chi connectivity index (χ0) is 10.7. The topological polar surface area (TPSA) is 50.2 Å². The molecule has 15 heavy (non-hydrogen) atoms. The van der Waals surface area contributed by atoms with Crippen molar-refractivity contribution in [3.05, 3.63) is 16.7 Å². The van der Waals surface area contributed by atoms with Crippen molar-refractivity contribution in [1.82, 2.24) is 9.55 Å². The van der Waals surface area contributed by atoms with Gasteiger partial charge in [-0.15, -0.1) is 0 Å². The Morgan fingerprint density at radius 3 is 3.20 bits per heavy atom. The molecular weight excluding hydrogens is 212 g/mol. The molecule has 2 N–H and O–H groups in total. The van der Waals surface area contributed by atoms with Crippen molar-refractivity contribution < 1.29 is 9.84 Å². The number of nitrogens with one attached hydrogen (secondary N) is 1. The lowest BCUT2D eigenvalue weighted by Gasteiger charge is -2.09. The van der Waals surface area contributed by atoms with Crippen molar-refractivity contribution in [3.8, 4) is 0 Å². The third-order valence-electron chi connectivity index (χ3n) is 2.90. The molecule has 0 amide bonds. The zero-order valence-electron chi connectivity index (χ0n) is 8.61. The minimum Gasteiger partial charge on any atom is -0.390 e. The van der Waals surface area contributed by atoms with E-state index in [0.29, 0.717) is 10.7 Å². The minimum absolute atomic E-state index is 0.0360. The summed E-state index contributed by atoms with van der Waals surface area (Å²) < 4.78 is 7.98. The molecule has 1 saturated heterocycles. The molecule has 0 spiro atoms. The number of ether oxygens (including phenoxy) is 1. The molecule has 1 aromatic rings. The number of aliphatic hydroxyl groups is 1. The summed E-state index contributed by atoms with van der Waals surface area (Å²) in [7, 11) is 0. The van der Waals surface area contributed by atoms with Crippen molar-refractivity contribution in [1.29, 1.82) is 0 Å². The van der Waals surface area contributed by atoms with Crippen LogP contribution in [0.1, 0.15) is 18.5 Å². The van der Waals surface area contributed by atoms with Crippen LogP contribution in [0.15, 0.2) is 6.20 Å². The molecule has 1 aromatic heterocycles. The number of hydrogen-bond acceptors (Lipinski definition) is 3. The maximum Gasteiger partial charge on any atom is 0.177 e. The molecule has 0 radical (unpaired) electrons. The van der Waals surface area contributed by atoms with Gasteiger partial charge in [-0.05, 0) is 31.0 Å². The van der Waals surface area contributed by atoms with Crippen molar-refractivity contribution in [2.24, 2.45) is 5.92 Å². The molecular formula is C10H16N2O2S. The molecule has 0 bridgehead atoms. The highest BCUT2D eigenvalue weighted by molar-refractivity contribution is 7.71. The smallest absolute Gasteiger partial charge is 0.177 e. The van der Waals surface area contributed by atoms with Crippen molar-refractivity contribution >= 4 is 12.2 Å². The quantitative estimate of drug-likeness (QED) is 0.767. The average molecular weight is 228 g/mol. The molecule has 0 aliphatic carbocycles. The fourth-order valence-electron chi connectivity index (χ4n) is 1.93. The van der Waals surface area contributed by atoms with Gasteiger partial charge in [0.15, 0.2) is 4.77 Å². The summed E-state index contributed by atoms with van der Waals surface area (Å²) in [5, 5.41) is 9.11. The van der Waals surface area contributed by atoms with Gasteiger partial charge in [-0.1, -0.05) is 0 Å². The van der Waals surface area contributed by atoms with E-state index in [4.69, 9.17) is 22.1 Å². The van der Waals surface area contributed by atoms with Gasteiger partial charge in [0.2, 0.25) is 0 Å². The van der Waals surface area contributed by atoms with Crippen LogP contribution in [0.2, 0.25) is 0 Å². The summed E-state index contributed by atoms with van der Waals surface area (Å²) in [5.41, 5.74) is 0.860. The van der Waals surface area contributed by atoms with E-state index in [1.807, 2.05) is 4.57 Å². The van der Waals surface area contributed by atoms with Crippen LogP contribution >= 0.6 is 12.2 Å². The lowest BCUT2D eigenvalue weighted by atomic mass is 10.1. The van der Waals surface area contributed by atoms with E-state index in [2.05, 4.69) is 4.98 Å². The molecule has 5 heteroatoms. The molecule has 1 aliphatic rings. The number of hydrogen-bond donors (Lipinski definition) is 2. The summed E-state index contributed by atoms with van der Waals surface area (Å²) >= 11 is 5.14. The first kappa shape index (κ1) is 10.9. The second-order valence-electron chi connectivity index (χ2n) is 3.91. The lowest BCUT2D eigenvalue weighted by molar-refractivity contribution is 0.183. The van der Waals surface area contributed by atoms with E-state index < -0.39 is 0 Å². The van der Waals surface area contributed by atoms with E-state index in [-0.39, 0.29) is 6.61 Å². The van der Waals surface area contributed by atoms with Crippen LogP contribution in [-0.4, -0.2) is 27.9 Å². The number of aromatic amines is 1. The van der Waals surface area contributed by atoms with Gasteiger partial charge in [0, 0.05) is 26.0 Å². The molecule has 0 saturated carbocycles. The Hall–Kier alpha value is -0.650. The average Bonchev–Trinajstić information content (AvgIpc) is 2.84. The maximum absolute atomic E-state index is 9.11. The molecule has 4 nitrogen and oxygen atoms in total. The van der Waals surface area contributed by atoms with Gasteiger partial charge in [-0.2, -0.15) is 0 Å². The van der Waals surface area contributed by atoms with Gasteiger partial charge < -0.3 is 19.4 Å². The first-order valence-corrected chi connectivity index (χ1v) is 5.68. The Labute approximate surface area is 93.9 Å².